The van der Waals surface area contributed by atoms with Crippen molar-refractivity contribution in [1.29, 1.82) is 0 Å². The number of fused-ring (bicyclic) bond motifs is 3. The summed E-state index contributed by atoms with van der Waals surface area (Å²) in [6.07, 6.45) is -0.340. The Balaban J connectivity index is 1.16. The Bertz CT molecular complexity index is 2050. The van der Waals surface area contributed by atoms with E-state index in [1.54, 1.807) is 19.1 Å². The zero-order valence-electron chi connectivity index (χ0n) is 25.8. The van der Waals surface area contributed by atoms with Crippen LogP contribution in [-0.4, -0.2) is 58.2 Å². The predicted octanol–water partition coefficient (Wildman–Crippen LogP) is 4.01. The fourth-order valence-corrected chi connectivity index (χ4v) is 6.35. The van der Waals surface area contributed by atoms with Crippen molar-refractivity contribution in [2.45, 2.75) is 55.7 Å². The van der Waals surface area contributed by atoms with E-state index in [1.165, 1.54) is 42.3 Å². The fourth-order valence-electron chi connectivity index (χ4n) is 6.35. The molecule has 0 bridgehead atoms. The van der Waals surface area contributed by atoms with Gasteiger partial charge in [0.1, 0.15) is 40.3 Å². The predicted molar refractivity (Wildman–Crippen MR) is 161 cm³/mol. The molecule has 4 heterocycles. The van der Waals surface area contributed by atoms with Crippen molar-refractivity contribution in [2.24, 2.45) is 11.7 Å². The van der Waals surface area contributed by atoms with Gasteiger partial charge in [-0.1, -0.05) is 0 Å². The number of hydrogen-bond donors (Lipinski definition) is 3. The molecule has 4 aliphatic rings. The maximum atomic E-state index is 14.7. The van der Waals surface area contributed by atoms with E-state index >= 15 is 0 Å². The highest BCUT2D eigenvalue weighted by Gasteiger charge is 2.51. The molecule has 2 fully saturated rings. The summed E-state index contributed by atoms with van der Waals surface area (Å²) in [5.74, 6) is -2.96. The van der Waals surface area contributed by atoms with E-state index < -0.39 is 34.9 Å². The molecule has 2 aromatic heterocycles. The molecule has 2 amide bonds. The van der Waals surface area contributed by atoms with Gasteiger partial charge in [-0.25, -0.2) is 14.1 Å². The van der Waals surface area contributed by atoms with Gasteiger partial charge in [-0.15, -0.1) is 8.78 Å². The summed E-state index contributed by atoms with van der Waals surface area (Å²) in [6.45, 7) is 1.23. The first-order chi connectivity index (χ1) is 22.7. The highest BCUT2D eigenvalue weighted by molar-refractivity contribution is 6.00. The van der Waals surface area contributed by atoms with Crippen molar-refractivity contribution in [3.63, 3.8) is 0 Å². The van der Waals surface area contributed by atoms with E-state index in [0.29, 0.717) is 47.7 Å². The summed E-state index contributed by atoms with van der Waals surface area (Å²) in [4.78, 5) is 31.0. The molecule has 2 aliphatic carbocycles. The molecule has 2 aliphatic heterocycles. The van der Waals surface area contributed by atoms with Gasteiger partial charge >= 0.3 is 6.29 Å². The van der Waals surface area contributed by atoms with Crippen LogP contribution in [0.25, 0.3) is 22.2 Å². The minimum atomic E-state index is -3.84. The maximum Gasteiger partial charge on any atom is 0.586 e. The average Bonchev–Trinajstić information content (AvgIpc) is 3.94. The van der Waals surface area contributed by atoms with Gasteiger partial charge in [-0.05, 0) is 62.1 Å². The smallest absolute Gasteiger partial charge is 0.494 e. The first-order valence-corrected chi connectivity index (χ1v) is 15.4. The molecule has 2 atom stereocenters. The van der Waals surface area contributed by atoms with Crippen LogP contribution in [0.15, 0.2) is 42.6 Å². The number of methoxy groups -OCH3 is 1. The number of primary amides is 1. The van der Waals surface area contributed by atoms with Crippen LogP contribution in [0.2, 0.25) is 0 Å². The largest absolute Gasteiger partial charge is 0.586 e. The second-order valence-electron chi connectivity index (χ2n) is 13.0. The summed E-state index contributed by atoms with van der Waals surface area (Å²) >= 11 is 0. The quantitative estimate of drug-likeness (QED) is 0.240. The number of nitrogens with two attached hydrogens (primary N) is 1. The van der Waals surface area contributed by atoms with E-state index in [2.05, 4.69) is 19.9 Å². The lowest BCUT2D eigenvalue weighted by Gasteiger charge is -2.30. The zero-order chi connectivity index (χ0) is 33.8. The lowest BCUT2D eigenvalue weighted by atomic mass is 9.81. The maximum absolute atomic E-state index is 14.7. The van der Waals surface area contributed by atoms with Gasteiger partial charge in [0.2, 0.25) is 11.7 Å². The number of carbonyl (C=O) groups excluding carboxylic acids is 2. The van der Waals surface area contributed by atoms with E-state index in [9.17, 15) is 27.9 Å². The Hall–Kier alpha value is -5.05. The number of hydrogen-bond acceptors (Lipinski definition) is 9. The standard InChI is InChI=1S/C33H30F3N5O7/c1-30(29(37)43)15-46-27-20(30)12-24(39-26(27)16-3-6-21-22(10-16)48-33(35,36)47-21)32(44,19-4-5-19)14-38-28(42)17-9-18-13-41(31(34)7-8-31)40-25(18)23(11-17)45-2/h3,6,9-13,19,44H,4-5,7-8,14-15H2,1-2H3,(H2,37,43)(H,38,42)/t30-,32+/m0/s1. The van der Waals surface area contributed by atoms with Crippen LogP contribution >= 0.6 is 0 Å². The van der Waals surface area contributed by atoms with Crippen LogP contribution in [-0.2, 0) is 21.6 Å². The monoisotopic (exact) mass is 665 g/mol. The van der Waals surface area contributed by atoms with Gasteiger partial charge in [0, 0.05) is 41.1 Å². The molecule has 250 valence electrons. The minimum absolute atomic E-state index is 0.110. The second kappa shape index (κ2) is 9.98. The molecule has 48 heavy (non-hydrogen) atoms. The Morgan fingerprint density at radius 3 is 2.58 bits per heavy atom. The van der Waals surface area contributed by atoms with E-state index in [4.69, 9.17) is 20.2 Å². The summed E-state index contributed by atoms with van der Waals surface area (Å²) in [6, 6.07) is 8.71. The summed E-state index contributed by atoms with van der Waals surface area (Å²) in [7, 11) is 1.43. The number of alkyl halides is 3. The number of aromatic nitrogens is 3. The van der Waals surface area contributed by atoms with Gasteiger partial charge < -0.3 is 35.1 Å². The minimum Gasteiger partial charge on any atom is -0.494 e. The molecule has 8 rings (SSSR count). The third-order valence-corrected chi connectivity index (χ3v) is 9.63. The molecule has 0 radical (unpaired) electrons. The number of nitrogens with zero attached hydrogens (tertiary/aromatic N) is 3. The zero-order valence-corrected chi connectivity index (χ0v) is 25.8. The van der Waals surface area contributed by atoms with Crippen molar-refractivity contribution in [3.8, 4) is 34.3 Å². The molecule has 2 aromatic carbocycles. The number of halogens is 3. The van der Waals surface area contributed by atoms with Gasteiger partial charge in [0.15, 0.2) is 11.5 Å². The number of rotatable bonds is 9. The van der Waals surface area contributed by atoms with Crippen LogP contribution in [0.5, 0.6) is 23.0 Å². The van der Waals surface area contributed by atoms with Gasteiger partial charge in [0.05, 0.1) is 19.3 Å². The SMILES string of the molecule is COc1cc(C(=O)NC[C@](O)(c2cc3c(c(-c4ccc5c(c4)OC(F)(F)O5)n2)OC[C@]3(C)C(N)=O)C2CC2)cc2cn(C3(F)CC3)nc12. The highest BCUT2D eigenvalue weighted by Crippen LogP contribution is 2.51. The summed E-state index contributed by atoms with van der Waals surface area (Å²) in [5.41, 5.74) is 4.36. The number of pyridine rings is 1. The van der Waals surface area contributed by atoms with Crippen LogP contribution in [0, 0.1) is 5.92 Å². The van der Waals surface area contributed by atoms with Gasteiger partial charge in [-0.3, -0.25) is 9.59 Å². The van der Waals surface area contributed by atoms with E-state index in [-0.39, 0.29) is 59.0 Å². The first-order valence-electron chi connectivity index (χ1n) is 15.4. The van der Waals surface area contributed by atoms with Gasteiger partial charge in [-0.2, -0.15) is 5.10 Å². The molecule has 0 unspecified atom stereocenters. The van der Waals surface area contributed by atoms with Crippen molar-refractivity contribution >= 4 is 22.7 Å². The third kappa shape index (κ3) is 4.70. The third-order valence-electron chi connectivity index (χ3n) is 9.63. The lowest BCUT2D eigenvalue weighted by molar-refractivity contribution is -0.286. The number of benzene rings is 2. The molecule has 0 saturated heterocycles. The molecule has 12 nitrogen and oxygen atoms in total. The number of aliphatic hydroxyl groups is 1. The molecular weight excluding hydrogens is 635 g/mol. The van der Waals surface area contributed by atoms with Gasteiger partial charge in [0.25, 0.3) is 5.91 Å². The number of ether oxygens (including phenoxy) is 4. The van der Waals surface area contributed by atoms with E-state index in [1.807, 2.05) is 0 Å². The van der Waals surface area contributed by atoms with Crippen molar-refractivity contribution in [3.05, 3.63) is 59.4 Å². The molecule has 15 heteroatoms. The van der Waals surface area contributed by atoms with Crippen LogP contribution in [0.1, 0.15) is 54.2 Å². The topological polar surface area (TPSA) is 160 Å². The summed E-state index contributed by atoms with van der Waals surface area (Å²) < 4.78 is 64.2. The van der Waals surface area contributed by atoms with Crippen molar-refractivity contribution in [2.75, 3.05) is 20.3 Å². The van der Waals surface area contributed by atoms with Crippen LogP contribution in [0.3, 0.4) is 0 Å². The molecule has 4 N–H and O–H groups in total. The van der Waals surface area contributed by atoms with Crippen LogP contribution < -0.4 is 30.0 Å². The average molecular weight is 666 g/mol. The number of amides is 2. The van der Waals surface area contributed by atoms with Crippen LogP contribution in [0.4, 0.5) is 13.2 Å². The van der Waals surface area contributed by atoms with E-state index in [0.717, 1.165) is 0 Å². The Kier molecular flexibility index (Phi) is 6.30. The summed E-state index contributed by atoms with van der Waals surface area (Å²) in [5, 5.41) is 19.9. The highest BCUT2D eigenvalue weighted by atomic mass is 19.3. The Morgan fingerprint density at radius 2 is 1.90 bits per heavy atom. The van der Waals surface area contributed by atoms with Crippen molar-refractivity contribution in [1.82, 2.24) is 20.1 Å². The second-order valence-corrected chi connectivity index (χ2v) is 13.0. The molecule has 2 saturated carbocycles. The Morgan fingerprint density at radius 1 is 1.15 bits per heavy atom. The number of nitrogens with one attached hydrogen (secondary N) is 1. The number of carbonyl (C=O) groups is 2. The molecule has 0 spiro atoms. The normalized spacial score (nSPS) is 22.5. The fraction of sp³-hybridized carbons (Fsp3) is 0.394. The molecular formula is C33H30F3N5O7. The van der Waals surface area contributed by atoms with Crippen molar-refractivity contribution < 1.29 is 46.8 Å². The molecule has 4 aromatic rings. The lowest BCUT2D eigenvalue weighted by Crippen LogP contribution is -2.44. The Labute approximate surface area is 270 Å². The first kappa shape index (κ1) is 30.3.